The lowest BCUT2D eigenvalue weighted by Gasteiger charge is -2.42. The first-order valence-electron chi connectivity index (χ1n) is 8.93. The molecule has 4 saturated carbocycles. The highest BCUT2D eigenvalue weighted by molar-refractivity contribution is 5.66. The average Bonchev–Trinajstić information content (AvgIpc) is 3.09. The van der Waals surface area contributed by atoms with Crippen LogP contribution in [-0.4, -0.2) is 23.3 Å². The van der Waals surface area contributed by atoms with Gasteiger partial charge in [-0.1, -0.05) is 13.3 Å². The maximum Gasteiger partial charge on any atom is 0.302 e. The summed E-state index contributed by atoms with van der Waals surface area (Å²) in [6.07, 6.45) is 7.01. The van der Waals surface area contributed by atoms with Gasteiger partial charge >= 0.3 is 5.97 Å². The third-order valence-electron chi connectivity index (χ3n) is 7.40. The minimum Gasteiger partial charge on any atom is -0.462 e. The van der Waals surface area contributed by atoms with Crippen LogP contribution < -0.4 is 0 Å². The third-order valence-corrected chi connectivity index (χ3v) is 7.40. The van der Waals surface area contributed by atoms with Crippen LogP contribution in [0.2, 0.25) is 0 Å². The Bertz CT molecular complexity index is 434. The van der Waals surface area contributed by atoms with Crippen molar-refractivity contribution >= 4 is 5.97 Å². The van der Waals surface area contributed by atoms with Gasteiger partial charge in [0.05, 0.1) is 6.10 Å². The van der Waals surface area contributed by atoms with Gasteiger partial charge < -0.3 is 9.84 Å². The minimum absolute atomic E-state index is 0.0198. The molecule has 2 bridgehead atoms. The van der Waals surface area contributed by atoms with Crippen molar-refractivity contribution in [3.8, 4) is 0 Å². The van der Waals surface area contributed by atoms with Gasteiger partial charge in [0.1, 0.15) is 6.10 Å². The number of rotatable bonds is 1. The Hall–Kier alpha value is -0.570. The average molecular weight is 292 g/mol. The van der Waals surface area contributed by atoms with Gasteiger partial charge in [-0.2, -0.15) is 0 Å². The van der Waals surface area contributed by atoms with Crippen LogP contribution in [0, 0.1) is 41.4 Å². The fourth-order valence-corrected chi connectivity index (χ4v) is 6.90. The summed E-state index contributed by atoms with van der Waals surface area (Å²) >= 11 is 0. The van der Waals surface area contributed by atoms with Crippen molar-refractivity contribution in [2.24, 2.45) is 41.4 Å². The number of carbonyl (C=O) groups excluding carboxylic acids is 1. The normalized spacial score (nSPS) is 54.9. The lowest BCUT2D eigenvalue weighted by atomic mass is 9.64. The molecular weight excluding hydrogens is 264 g/mol. The van der Waals surface area contributed by atoms with Crippen molar-refractivity contribution < 1.29 is 14.6 Å². The summed E-state index contributed by atoms with van der Waals surface area (Å²) in [4.78, 5) is 11.4. The van der Waals surface area contributed by atoms with E-state index in [-0.39, 0.29) is 18.2 Å². The Morgan fingerprint density at radius 2 is 1.67 bits per heavy atom. The molecule has 4 rings (SSSR count). The van der Waals surface area contributed by atoms with Gasteiger partial charge in [0.2, 0.25) is 0 Å². The predicted octanol–water partition coefficient (Wildman–Crippen LogP) is 3.01. The molecule has 0 aromatic heterocycles. The number of esters is 1. The number of aliphatic hydroxyl groups excluding tert-OH is 1. The molecule has 0 amide bonds. The molecule has 0 aromatic carbocycles. The second kappa shape index (κ2) is 4.97. The van der Waals surface area contributed by atoms with Crippen LogP contribution in [-0.2, 0) is 9.53 Å². The number of aliphatic hydroxyl groups is 1. The predicted molar refractivity (Wildman–Crippen MR) is 79.4 cm³/mol. The monoisotopic (exact) mass is 292 g/mol. The van der Waals surface area contributed by atoms with E-state index in [4.69, 9.17) is 4.74 Å². The largest absolute Gasteiger partial charge is 0.462 e. The van der Waals surface area contributed by atoms with Crippen molar-refractivity contribution in [2.45, 2.75) is 64.6 Å². The zero-order valence-corrected chi connectivity index (χ0v) is 13.2. The smallest absolute Gasteiger partial charge is 0.302 e. The van der Waals surface area contributed by atoms with Crippen LogP contribution in [0.15, 0.2) is 0 Å². The second-order valence-electron chi connectivity index (χ2n) is 8.13. The van der Waals surface area contributed by atoms with E-state index < -0.39 is 0 Å². The van der Waals surface area contributed by atoms with Gasteiger partial charge in [-0.05, 0) is 73.5 Å². The molecule has 0 radical (unpaired) electrons. The van der Waals surface area contributed by atoms with Gasteiger partial charge in [-0.15, -0.1) is 0 Å². The SMILES string of the molecule is CC(=O)O[C@@H]1CC[C@H](O)[C@@H]2[C@@H]3C[C@H]([C@@H]4CCC[C@@H]43)[C@@H]2[C@H]1C. The van der Waals surface area contributed by atoms with Gasteiger partial charge in [-0.25, -0.2) is 0 Å². The topological polar surface area (TPSA) is 46.5 Å². The number of hydrogen-bond donors (Lipinski definition) is 1. The minimum atomic E-state index is -0.172. The zero-order chi connectivity index (χ0) is 14.7. The van der Waals surface area contributed by atoms with E-state index in [0.717, 1.165) is 36.5 Å². The number of hydrogen-bond acceptors (Lipinski definition) is 3. The van der Waals surface area contributed by atoms with Crippen molar-refractivity contribution in [2.75, 3.05) is 0 Å². The van der Waals surface area contributed by atoms with E-state index in [1.807, 2.05) is 0 Å². The second-order valence-corrected chi connectivity index (χ2v) is 8.13. The highest BCUT2D eigenvalue weighted by Gasteiger charge is 2.62. The Balaban J connectivity index is 1.63. The summed E-state index contributed by atoms with van der Waals surface area (Å²) in [6, 6.07) is 0. The van der Waals surface area contributed by atoms with Crippen LogP contribution >= 0.6 is 0 Å². The van der Waals surface area contributed by atoms with E-state index >= 15 is 0 Å². The van der Waals surface area contributed by atoms with Crippen LogP contribution in [0.5, 0.6) is 0 Å². The Kier molecular flexibility index (Phi) is 3.33. The molecule has 0 aliphatic heterocycles. The van der Waals surface area contributed by atoms with Gasteiger partial charge in [-0.3, -0.25) is 4.79 Å². The van der Waals surface area contributed by atoms with Gasteiger partial charge in [0.15, 0.2) is 0 Å². The van der Waals surface area contributed by atoms with E-state index in [2.05, 4.69) is 6.92 Å². The summed E-state index contributed by atoms with van der Waals surface area (Å²) < 4.78 is 5.61. The van der Waals surface area contributed by atoms with Crippen molar-refractivity contribution in [3.05, 3.63) is 0 Å². The standard InChI is InChI=1S/C18H28O3/c1-9-16(21-10(2)19)7-6-15(20)18-14-8-13(17(9)18)11-4-3-5-12(11)14/h9,11-18,20H,3-8H2,1-2H3/t9-,11+,12-,13+,14+,15-,16+,17-,18-/m0/s1. The van der Waals surface area contributed by atoms with Crippen LogP contribution in [0.4, 0.5) is 0 Å². The molecule has 9 atom stereocenters. The summed E-state index contributed by atoms with van der Waals surface area (Å²) in [6.45, 7) is 3.79. The van der Waals surface area contributed by atoms with E-state index in [9.17, 15) is 9.90 Å². The first kappa shape index (κ1) is 14.0. The molecule has 0 spiro atoms. The molecule has 3 nitrogen and oxygen atoms in total. The van der Waals surface area contributed by atoms with Crippen molar-refractivity contribution in [3.63, 3.8) is 0 Å². The summed E-state index contributed by atoms with van der Waals surface area (Å²) in [5.41, 5.74) is 0. The quantitative estimate of drug-likeness (QED) is 0.756. The number of fused-ring (bicyclic) bond motifs is 8. The first-order valence-corrected chi connectivity index (χ1v) is 8.93. The fraction of sp³-hybridized carbons (Fsp3) is 0.944. The first-order chi connectivity index (χ1) is 10.1. The van der Waals surface area contributed by atoms with E-state index in [1.54, 1.807) is 0 Å². The lowest BCUT2D eigenvalue weighted by molar-refractivity contribution is -0.151. The van der Waals surface area contributed by atoms with Crippen LogP contribution in [0.25, 0.3) is 0 Å². The maximum absolute atomic E-state index is 11.4. The van der Waals surface area contributed by atoms with Gasteiger partial charge in [0.25, 0.3) is 0 Å². The summed E-state index contributed by atoms with van der Waals surface area (Å²) in [5, 5.41) is 10.7. The molecule has 4 aliphatic carbocycles. The van der Waals surface area contributed by atoms with E-state index in [1.165, 1.54) is 32.6 Å². The number of carbonyl (C=O) groups is 1. The molecule has 0 aromatic rings. The van der Waals surface area contributed by atoms with Crippen molar-refractivity contribution in [1.82, 2.24) is 0 Å². The molecular formula is C18H28O3. The highest BCUT2D eigenvalue weighted by atomic mass is 16.5. The molecule has 0 heterocycles. The maximum atomic E-state index is 11.4. The molecule has 4 aliphatic rings. The molecule has 21 heavy (non-hydrogen) atoms. The number of ether oxygens (including phenoxy) is 1. The summed E-state index contributed by atoms with van der Waals surface area (Å²) in [5.74, 6) is 4.63. The Morgan fingerprint density at radius 3 is 2.33 bits per heavy atom. The molecule has 3 heteroatoms. The van der Waals surface area contributed by atoms with Gasteiger partial charge in [0, 0.05) is 6.92 Å². The molecule has 1 N–H and O–H groups in total. The fourth-order valence-electron chi connectivity index (χ4n) is 6.90. The highest BCUT2D eigenvalue weighted by Crippen LogP contribution is 2.66. The molecule has 0 saturated heterocycles. The third kappa shape index (κ3) is 1.99. The molecule has 118 valence electrons. The molecule has 4 fully saturated rings. The Morgan fingerprint density at radius 1 is 1.00 bits per heavy atom. The zero-order valence-electron chi connectivity index (χ0n) is 13.2. The Labute approximate surface area is 127 Å². The van der Waals surface area contributed by atoms with Crippen LogP contribution in [0.3, 0.4) is 0 Å². The molecule has 0 unspecified atom stereocenters. The lowest BCUT2D eigenvalue weighted by Crippen LogP contribution is -2.42. The van der Waals surface area contributed by atoms with Crippen LogP contribution in [0.1, 0.15) is 52.4 Å². The van der Waals surface area contributed by atoms with E-state index in [0.29, 0.717) is 17.8 Å². The van der Waals surface area contributed by atoms with Crippen molar-refractivity contribution in [1.29, 1.82) is 0 Å². The summed E-state index contributed by atoms with van der Waals surface area (Å²) in [7, 11) is 0.